The third kappa shape index (κ3) is 2.55. The summed E-state index contributed by atoms with van der Waals surface area (Å²) in [6.07, 6.45) is 5.32. The fourth-order valence-corrected chi connectivity index (χ4v) is 3.23. The van der Waals surface area contributed by atoms with Crippen LogP contribution in [0.4, 0.5) is 8.78 Å². The Morgan fingerprint density at radius 1 is 1.18 bits per heavy atom. The van der Waals surface area contributed by atoms with Crippen molar-refractivity contribution in [3.05, 3.63) is 71.8 Å². The molecule has 4 rings (SSSR count). The molecule has 1 amide bonds. The van der Waals surface area contributed by atoms with Crippen LogP contribution in [0.25, 0.3) is 11.3 Å². The standard InChI is InChI=1S/C19H15F2N5O2/c1-26-17(27)19(25-18(26)22,13-4-11(6-20)7-23-8-13)12-2-3-15(21)14(5-12)16-9-24-10-28-16/h2-5,7-10H,6H2,1H3,(H2,22,25). The zero-order chi connectivity index (χ0) is 19.9. The van der Waals surface area contributed by atoms with Gasteiger partial charge in [0.05, 0.1) is 11.8 Å². The van der Waals surface area contributed by atoms with Gasteiger partial charge in [-0.05, 0) is 23.8 Å². The number of carbonyl (C=O) groups excluding carboxylic acids is 1. The molecule has 3 heterocycles. The second-order valence-corrected chi connectivity index (χ2v) is 6.32. The van der Waals surface area contributed by atoms with Gasteiger partial charge in [0.25, 0.3) is 5.91 Å². The summed E-state index contributed by atoms with van der Waals surface area (Å²) in [5.41, 5.74) is 5.36. The van der Waals surface area contributed by atoms with Gasteiger partial charge in [-0.15, -0.1) is 0 Å². The number of likely N-dealkylation sites (N-methyl/N-ethyl adjacent to an activating group) is 1. The maximum Gasteiger partial charge on any atom is 0.266 e. The lowest BCUT2D eigenvalue weighted by atomic mass is 9.82. The minimum absolute atomic E-state index is 0.0128. The molecule has 142 valence electrons. The molecule has 1 unspecified atom stereocenters. The van der Waals surface area contributed by atoms with Crippen molar-refractivity contribution in [3.8, 4) is 11.3 Å². The molecular formula is C19H15F2N5O2. The van der Waals surface area contributed by atoms with Crippen LogP contribution in [-0.4, -0.2) is 33.8 Å². The Bertz CT molecular complexity index is 1080. The first-order valence-corrected chi connectivity index (χ1v) is 8.30. The normalized spacial score (nSPS) is 19.2. The van der Waals surface area contributed by atoms with Gasteiger partial charge in [0.2, 0.25) is 0 Å². The SMILES string of the molecule is CN1C(=O)C(c2cncc(CF)c2)(c2ccc(F)c(-c3cnco3)c2)N=C1N. The lowest BCUT2D eigenvalue weighted by Gasteiger charge is -2.26. The van der Waals surface area contributed by atoms with Crippen molar-refractivity contribution in [2.75, 3.05) is 7.05 Å². The number of hydrogen-bond donors (Lipinski definition) is 1. The van der Waals surface area contributed by atoms with Gasteiger partial charge in [0, 0.05) is 30.6 Å². The summed E-state index contributed by atoms with van der Waals surface area (Å²) in [6.45, 7) is -0.757. The van der Waals surface area contributed by atoms with E-state index >= 15 is 0 Å². The molecule has 28 heavy (non-hydrogen) atoms. The Morgan fingerprint density at radius 2 is 2.00 bits per heavy atom. The predicted molar refractivity (Wildman–Crippen MR) is 96.1 cm³/mol. The first kappa shape index (κ1) is 17.8. The number of aromatic nitrogens is 2. The molecule has 1 aromatic carbocycles. The number of halogens is 2. The minimum atomic E-state index is -1.61. The van der Waals surface area contributed by atoms with Gasteiger partial charge in [-0.2, -0.15) is 0 Å². The average molecular weight is 383 g/mol. The third-order valence-electron chi connectivity index (χ3n) is 4.69. The summed E-state index contributed by atoms with van der Waals surface area (Å²) in [7, 11) is 1.48. The van der Waals surface area contributed by atoms with Gasteiger partial charge >= 0.3 is 0 Å². The van der Waals surface area contributed by atoms with E-state index in [1.807, 2.05) is 0 Å². The Morgan fingerprint density at radius 3 is 2.64 bits per heavy atom. The molecule has 0 aliphatic carbocycles. The second kappa shape index (κ2) is 6.52. The topological polar surface area (TPSA) is 97.6 Å². The molecule has 1 aliphatic rings. The van der Waals surface area contributed by atoms with Gasteiger partial charge in [-0.3, -0.25) is 14.7 Å². The van der Waals surface area contributed by atoms with E-state index in [2.05, 4.69) is 15.0 Å². The number of aliphatic imine (C=N–C) groups is 1. The highest BCUT2D eigenvalue weighted by Gasteiger charge is 2.50. The smallest absolute Gasteiger partial charge is 0.266 e. The molecule has 1 atom stereocenters. The molecule has 9 heteroatoms. The van der Waals surface area contributed by atoms with Crippen molar-refractivity contribution in [2.24, 2.45) is 10.7 Å². The molecular weight excluding hydrogens is 368 g/mol. The molecule has 0 radical (unpaired) electrons. The first-order valence-electron chi connectivity index (χ1n) is 8.30. The van der Waals surface area contributed by atoms with Crippen LogP contribution in [0.5, 0.6) is 0 Å². The Kier molecular flexibility index (Phi) is 4.14. The fraction of sp³-hybridized carbons (Fsp3) is 0.158. The number of pyridine rings is 1. The number of amides is 1. The summed E-state index contributed by atoms with van der Waals surface area (Å²) in [6, 6.07) is 5.59. The van der Waals surface area contributed by atoms with Crippen molar-refractivity contribution in [1.82, 2.24) is 14.9 Å². The summed E-state index contributed by atoms with van der Waals surface area (Å²) in [4.78, 5) is 26.6. The fourth-order valence-electron chi connectivity index (χ4n) is 3.23. The minimum Gasteiger partial charge on any atom is -0.443 e. The molecule has 0 saturated carbocycles. The van der Waals surface area contributed by atoms with E-state index in [1.54, 1.807) is 0 Å². The average Bonchev–Trinajstić information content (AvgIpc) is 3.32. The van der Waals surface area contributed by atoms with E-state index in [1.165, 1.54) is 61.2 Å². The van der Waals surface area contributed by atoms with Crippen LogP contribution in [0.1, 0.15) is 16.7 Å². The highest BCUT2D eigenvalue weighted by molar-refractivity contribution is 6.09. The van der Waals surface area contributed by atoms with Gasteiger partial charge in [0.15, 0.2) is 23.7 Å². The van der Waals surface area contributed by atoms with E-state index in [0.717, 1.165) is 0 Å². The molecule has 0 bridgehead atoms. The van der Waals surface area contributed by atoms with Crippen molar-refractivity contribution < 1.29 is 18.0 Å². The van der Waals surface area contributed by atoms with E-state index in [9.17, 15) is 13.6 Å². The lowest BCUT2D eigenvalue weighted by molar-refractivity contribution is -0.129. The van der Waals surface area contributed by atoms with Gasteiger partial charge in [0.1, 0.15) is 12.5 Å². The van der Waals surface area contributed by atoms with Crippen molar-refractivity contribution >= 4 is 11.9 Å². The monoisotopic (exact) mass is 383 g/mol. The van der Waals surface area contributed by atoms with Crippen LogP contribution < -0.4 is 5.73 Å². The number of oxazole rings is 1. The van der Waals surface area contributed by atoms with Crippen molar-refractivity contribution in [2.45, 2.75) is 12.2 Å². The molecule has 2 aromatic heterocycles. The predicted octanol–water partition coefficient (Wildman–Crippen LogP) is 2.38. The number of rotatable bonds is 4. The van der Waals surface area contributed by atoms with E-state index in [-0.39, 0.29) is 22.8 Å². The number of benzene rings is 1. The largest absolute Gasteiger partial charge is 0.443 e. The van der Waals surface area contributed by atoms with E-state index in [0.29, 0.717) is 11.1 Å². The highest BCUT2D eigenvalue weighted by atomic mass is 19.1. The van der Waals surface area contributed by atoms with E-state index in [4.69, 9.17) is 10.2 Å². The number of nitrogens with zero attached hydrogens (tertiary/aromatic N) is 4. The van der Waals surface area contributed by atoms with Crippen LogP contribution in [0.15, 0.2) is 58.7 Å². The number of carbonyl (C=O) groups is 1. The van der Waals surface area contributed by atoms with Gasteiger partial charge in [-0.25, -0.2) is 18.8 Å². The molecule has 2 N–H and O–H groups in total. The number of guanidine groups is 1. The Labute approximate surface area is 158 Å². The molecule has 1 aliphatic heterocycles. The number of hydrogen-bond acceptors (Lipinski definition) is 6. The summed E-state index contributed by atoms with van der Waals surface area (Å²) >= 11 is 0. The maximum absolute atomic E-state index is 14.4. The summed E-state index contributed by atoms with van der Waals surface area (Å²) in [5.74, 6) is -0.831. The molecule has 0 spiro atoms. The first-order chi connectivity index (χ1) is 13.5. The third-order valence-corrected chi connectivity index (χ3v) is 4.69. The van der Waals surface area contributed by atoms with Gasteiger partial charge in [-0.1, -0.05) is 6.07 Å². The quantitative estimate of drug-likeness (QED) is 0.746. The summed E-state index contributed by atoms with van der Waals surface area (Å²) in [5, 5.41) is 0. The lowest BCUT2D eigenvalue weighted by Crippen LogP contribution is -2.41. The number of nitrogens with two attached hydrogens (primary N) is 1. The zero-order valence-corrected chi connectivity index (χ0v) is 14.8. The van der Waals surface area contributed by atoms with Crippen molar-refractivity contribution in [1.29, 1.82) is 0 Å². The molecule has 3 aromatic rings. The van der Waals surface area contributed by atoms with Crippen LogP contribution in [0.2, 0.25) is 0 Å². The van der Waals surface area contributed by atoms with Crippen LogP contribution >= 0.6 is 0 Å². The molecule has 0 fully saturated rings. The van der Waals surface area contributed by atoms with Gasteiger partial charge < -0.3 is 10.2 Å². The molecule has 0 saturated heterocycles. The summed E-state index contributed by atoms with van der Waals surface area (Å²) < 4.78 is 32.8. The maximum atomic E-state index is 14.4. The van der Waals surface area contributed by atoms with E-state index < -0.39 is 23.9 Å². The Hall–Kier alpha value is -3.62. The zero-order valence-electron chi connectivity index (χ0n) is 14.8. The van der Waals surface area contributed by atoms with Crippen LogP contribution in [0, 0.1) is 5.82 Å². The second-order valence-electron chi connectivity index (χ2n) is 6.32. The molecule has 7 nitrogen and oxygen atoms in total. The van der Waals surface area contributed by atoms with Crippen LogP contribution in [0.3, 0.4) is 0 Å². The van der Waals surface area contributed by atoms with Crippen LogP contribution in [-0.2, 0) is 17.0 Å². The van der Waals surface area contributed by atoms with Crippen molar-refractivity contribution in [3.63, 3.8) is 0 Å². The Balaban J connectivity index is 1.98. The highest BCUT2D eigenvalue weighted by Crippen LogP contribution is 2.41. The number of alkyl halides is 1.